The topological polar surface area (TPSA) is 337 Å². The van der Waals surface area contributed by atoms with Crippen LogP contribution in [0.2, 0.25) is 0 Å². The molecule has 1 fully saturated rings. The molecule has 1 aliphatic heterocycles. The summed E-state index contributed by atoms with van der Waals surface area (Å²) in [7, 11) is 2.96. The van der Waals surface area contributed by atoms with Gasteiger partial charge in [0.2, 0.25) is 11.8 Å². The first-order valence-electron chi connectivity index (χ1n) is 27.2. The van der Waals surface area contributed by atoms with E-state index in [2.05, 4.69) is 26.3 Å². The summed E-state index contributed by atoms with van der Waals surface area (Å²) in [5, 5.41) is 39.7. The number of carboxylic acids is 2. The Morgan fingerprint density at radius 2 is 1.44 bits per heavy atom. The smallest absolute Gasteiger partial charge is 0.416 e. The number of pyridine rings is 1. The van der Waals surface area contributed by atoms with Crippen LogP contribution in [0.4, 0.5) is 10.6 Å². The molecule has 8 aromatic rings. The number of fused-ring (bicyclic) bond motifs is 14. The molecule has 4 atom stereocenters. The Hall–Kier alpha value is -8.13. The number of hydrogen-bond donors (Lipinski definition) is 6. The predicted molar refractivity (Wildman–Crippen MR) is 327 cm³/mol. The van der Waals surface area contributed by atoms with Gasteiger partial charge in [0.1, 0.15) is 77.7 Å². The van der Waals surface area contributed by atoms with E-state index in [-0.39, 0.29) is 77.8 Å². The van der Waals surface area contributed by atoms with E-state index in [9.17, 15) is 48.6 Å². The van der Waals surface area contributed by atoms with Crippen molar-refractivity contribution in [3.05, 3.63) is 111 Å². The SMILES string of the molecule is CNC(=O)C[C@@H]1NC(=O)c2csc(n2)-c2ccc(-c3nc(N(CC(=O)O)C(=O)OC4CC(C(=O)O)C4)cs3)nc2-c2csc(n2)-c2csc(n2)[C@H]([C@@H](C)c2ccccc2)NC(=O)CNC(=O)c2nc(sc2COC)C(C(C)C)CC(=O)c2nc1sc2C. The summed E-state index contributed by atoms with van der Waals surface area (Å²) in [5.74, 6) is -6.45. The summed E-state index contributed by atoms with van der Waals surface area (Å²) in [5.41, 5.74) is 3.05. The number of carboxylic acid groups (broad SMARTS) is 2. The van der Waals surface area contributed by atoms with Crippen molar-refractivity contribution in [2.75, 3.05) is 32.1 Å². The Balaban J connectivity index is 1.04. The summed E-state index contributed by atoms with van der Waals surface area (Å²) in [6.45, 7) is 6.43. The number of carbonyl (C=O) groups is 8. The molecule has 2 aliphatic rings. The number of benzene rings is 1. The molecule has 24 nitrogen and oxygen atoms in total. The number of nitrogens with one attached hydrogen (secondary N) is 4. The Bertz CT molecular complexity index is 3920. The maximum absolute atomic E-state index is 14.4. The first kappa shape index (κ1) is 61.9. The number of aromatic nitrogens is 7. The van der Waals surface area contributed by atoms with Gasteiger partial charge < -0.3 is 41.0 Å². The Kier molecular flexibility index (Phi) is 19.1. The predicted octanol–water partition coefficient (Wildman–Crippen LogP) is 9.16. The minimum Gasteiger partial charge on any atom is -0.481 e. The zero-order chi connectivity index (χ0) is 61.8. The van der Waals surface area contributed by atoms with Gasteiger partial charge in [-0.3, -0.25) is 33.6 Å². The van der Waals surface area contributed by atoms with Gasteiger partial charge in [-0.25, -0.2) is 44.6 Å². The molecule has 5 amide bonds. The highest BCUT2D eigenvalue weighted by Crippen LogP contribution is 2.41. The number of amides is 5. The molecule has 1 unspecified atom stereocenters. The second kappa shape index (κ2) is 26.9. The van der Waals surface area contributed by atoms with Crippen molar-refractivity contribution in [3.8, 4) is 43.4 Å². The van der Waals surface area contributed by atoms with Gasteiger partial charge in [-0.1, -0.05) is 51.1 Å². The Labute approximate surface area is 520 Å². The van der Waals surface area contributed by atoms with E-state index in [1.807, 2.05) is 56.5 Å². The summed E-state index contributed by atoms with van der Waals surface area (Å²) < 4.78 is 11.0. The molecule has 30 heteroatoms. The number of Topliss-reactive ketones (excluding diaryl/α,β-unsaturated/α-hetero) is 1. The highest BCUT2D eigenvalue weighted by molar-refractivity contribution is 7.15. The fraction of sp³-hybridized carbons (Fsp3) is 0.351. The minimum absolute atomic E-state index is 0.000265. The number of carbonyl (C=O) groups excluding carboxylic acids is 6. The van der Waals surface area contributed by atoms with Crippen LogP contribution in [0.1, 0.15) is 132 Å². The van der Waals surface area contributed by atoms with E-state index in [4.69, 9.17) is 39.4 Å². The standard InChI is InChI=1S/C57H56N12O12S6/c1-25(2)32-16-38(70)45-27(4)86-54(67-45)34(17-41(71)58-5)61-48(75)36-22-82-50(63-36)31-12-13-33(52-65-40(24-85-52)69(19-43(73)74)57(79)81-30-14-29(15-30)56(77)78)60-46(31)35-21-83-53(62-35)37-23-84-55(64-37)44(26(3)28-10-8-7-9-11-28)66-42(72)18-59-49(76)47-39(20-80-6)87-51(32)68-47/h7-13,21-26,29-30,32,34,44H,14-20H2,1-6H3,(H,58,71)(H,59,76)(H,61,75)(H,66,72)(H,73,74)(H,77,78)/t26-,29?,30?,32?,34-,44-/m0/s1. The van der Waals surface area contributed by atoms with Crippen LogP contribution in [0.15, 0.2) is 64.0 Å². The van der Waals surface area contributed by atoms with E-state index in [1.54, 1.807) is 29.8 Å². The lowest BCUT2D eigenvalue weighted by Gasteiger charge is -2.32. The van der Waals surface area contributed by atoms with Crippen LogP contribution in [0.5, 0.6) is 0 Å². The van der Waals surface area contributed by atoms with Crippen molar-refractivity contribution in [2.45, 2.75) is 90.0 Å². The third-order valence-electron chi connectivity index (χ3n) is 14.5. The fourth-order valence-electron chi connectivity index (χ4n) is 9.63. The number of rotatable bonds is 13. The quantitative estimate of drug-likeness (QED) is 0.0626. The largest absolute Gasteiger partial charge is 0.481 e. The van der Waals surface area contributed by atoms with Crippen LogP contribution in [0, 0.1) is 18.8 Å². The first-order chi connectivity index (χ1) is 41.7. The lowest BCUT2D eigenvalue weighted by Crippen LogP contribution is -2.43. The molecule has 6 N–H and O–H groups in total. The molecule has 0 saturated heterocycles. The Morgan fingerprint density at radius 1 is 0.736 bits per heavy atom. The van der Waals surface area contributed by atoms with Crippen molar-refractivity contribution >= 4 is 121 Å². The van der Waals surface area contributed by atoms with Crippen molar-refractivity contribution in [1.82, 2.24) is 56.2 Å². The lowest BCUT2D eigenvalue weighted by molar-refractivity contribution is -0.148. The number of hydrogen-bond acceptors (Lipinski definition) is 23. The number of thiazole rings is 6. The van der Waals surface area contributed by atoms with Crippen LogP contribution in [0.25, 0.3) is 43.4 Å². The highest BCUT2D eigenvalue weighted by Gasteiger charge is 2.39. The maximum atomic E-state index is 14.4. The maximum Gasteiger partial charge on any atom is 0.416 e. The van der Waals surface area contributed by atoms with E-state index in [0.717, 1.165) is 33.1 Å². The second-order valence-corrected chi connectivity index (χ2v) is 26.6. The summed E-state index contributed by atoms with van der Waals surface area (Å²) >= 11 is 7.21. The second-order valence-electron chi connectivity index (χ2n) is 20.8. The average Bonchev–Trinajstić information content (AvgIpc) is 2.03. The van der Waals surface area contributed by atoms with Gasteiger partial charge in [-0.2, -0.15) is 0 Å². The molecule has 1 saturated carbocycles. The van der Waals surface area contributed by atoms with Gasteiger partial charge in [0.25, 0.3) is 11.8 Å². The highest BCUT2D eigenvalue weighted by atomic mass is 32.1. The molecule has 10 rings (SSSR count). The van der Waals surface area contributed by atoms with Gasteiger partial charge in [-0.05, 0) is 43.4 Å². The van der Waals surface area contributed by atoms with Crippen molar-refractivity contribution in [3.63, 3.8) is 0 Å². The molecule has 7 aromatic heterocycles. The van der Waals surface area contributed by atoms with Gasteiger partial charge in [0.05, 0.1) is 53.2 Å². The summed E-state index contributed by atoms with van der Waals surface area (Å²) in [6, 6.07) is 11.3. The van der Waals surface area contributed by atoms with Gasteiger partial charge >= 0.3 is 18.0 Å². The molecule has 1 aromatic carbocycles. The van der Waals surface area contributed by atoms with E-state index in [0.29, 0.717) is 63.1 Å². The van der Waals surface area contributed by atoms with E-state index < -0.39 is 84.8 Å². The number of aryl methyl sites for hydroxylation is 1. The third-order valence-corrected chi connectivity index (χ3v) is 20.2. The van der Waals surface area contributed by atoms with Crippen LogP contribution in [-0.2, 0) is 35.3 Å². The van der Waals surface area contributed by atoms with Gasteiger partial charge in [0.15, 0.2) is 5.78 Å². The average molecular weight is 1290 g/mol. The zero-order valence-electron chi connectivity index (χ0n) is 47.3. The van der Waals surface area contributed by atoms with Crippen molar-refractivity contribution in [2.24, 2.45) is 11.8 Å². The van der Waals surface area contributed by atoms with Crippen LogP contribution >= 0.6 is 68.0 Å². The molecule has 0 radical (unpaired) electrons. The zero-order valence-corrected chi connectivity index (χ0v) is 52.2. The van der Waals surface area contributed by atoms with E-state index >= 15 is 0 Å². The normalized spacial score (nSPS) is 18.6. The minimum atomic E-state index is -1.35. The third kappa shape index (κ3) is 14.0. The van der Waals surface area contributed by atoms with Crippen LogP contribution in [-0.4, -0.2) is 126 Å². The molecule has 0 spiro atoms. The first-order valence-corrected chi connectivity index (χ1v) is 32.3. The molecule has 452 valence electrons. The Morgan fingerprint density at radius 3 is 2.16 bits per heavy atom. The van der Waals surface area contributed by atoms with E-state index in [1.165, 1.54) is 64.9 Å². The van der Waals surface area contributed by atoms with Crippen molar-refractivity contribution in [1.29, 1.82) is 0 Å². The molecular weight excluding hydrogens is 1240 g/mol. The monoisotopic (exact) mass is 1290 g/mol. The molecule has 8 heterocycles. The van der Waals surface area contributed by atoms with Crippen molar-refractivity contribution < 1.29 is 58.0 Å². The fourth-order valence-corrected chi connectivity index (χ4v) is 15.3. The van der Waals surface area contributed by atoms with Crippen LogP contribution < -0.4 is 26.2 Å². The van der Waals surface area contributed by atoms with Gasteiger partial charge in [0, 0.05) is 64.4 Å². The lowest BCUT2D eigenvalue weighted by atomic mass is 9.82. The molecule has 1 aliphatic carbocycles. The molecular formula is C57H56N12O12S6. The molecule has 87 heavy (non-hydrogen) atoms. The van der Waals surface area contributed by atoms with Crippen LogP contribution in [0.3, 0.4) is 0 Å². The number of ether oxygens (including phenoxy) is 2. The number of nitrogens with zero attached hydrogens (tertiary/aromatic N) is 8. The van der Waals surface area contributed by atoms with Gasteiger partial charge in [-0.15, -0.1) is 68.0 Å². The summed E-state index contributed by atoms with van der Waals surface area (Å²) in [6.07, 6.45) is -1.80. The molecule has 10 bridgehead atoms. The number of aliphatic carboxylic acids is 2. The summed E-state index contributed by atoms with van der Waals surface area (Å²) in [4.78, 5) is 143. The number of ketones is 1. The number of anilines is 1. The number of methoxy groups -OCH3 is 1.